The molecule has 0 aromatic heterocycles. The van der Waals surface area contributed by atoms with Gasteiger partial charge in [0, 0.05) is 30.1 Å². The molecule has 0 aliphatic carbocycles. The fourth-order valence-corrected chi connectivity index (χ4v) is 4.27. The molecule has 0 saturated carbocycles. The van der Waals surface area contributed by atoms with E-state index >= 15 is 0 Å². The van der Waals surface area contributed by atoms with Crippen LogP contribution in [0.15, 0.2) is 48.5 Å². The number of piperidine rings is 1. The molecule has 5 heteroatoms. The molecule has 1 saturated heterocycles. The van der Waals surface area contributed by atoms with Crippen molar-refractivity contribution in [2.45, 2.75) is 59.9 Å². The normalized spacial score (nSPS) is 14.9. The van der Waals surface area contributed by atoms with Gasteiger partial charge in [0.2, 0.25) is 11.8 Å². The maximum absolute atomic E-state index is 13.7. The molecule has 0 unspecified atom stereocenters. The van der Waals surface area contributed by atoms with Crippen LogP contribution in [-0.4, -0.2) is 36.9 Å². The van der Waals surface area contributed by atoms with E-state index < -0.39 is 5.41 Å². The SMILES string of the molecule is COc1ccc(N(Cc2ccc(C(C)C)cc2)C(=O)C2CCN(C(=O)C(C)(C)C)CC2)cc1. The molecule has 2 amide bonds. The Labute approximate surface area is 198 Å². The van der Waals surface area contributed by atoms with E-state index in [4.69, 9.17) is 4.74 Å². The number of carbonyl (C=O) groups is 2. The first-order chi connectivity index (χ1) is 15.6. The number of hydrogen-bond acceptors (Lipinski definition) is 3. The summed E-state index contributed by atoms with van der Waals surface area (Å²) in [4.78, 5) is 30.1. The monoisotopic (exact) mass is 450 g/mol. The average Bonchev–Trinajstić information content (AvgIpc) is 2.81. The zero-order valence-corrected chi connectivity index (χ0v) is 20.9. The third kappa shape index (κ3) is 6.16. The molecule has 33 heavy (non-hydrogen) atoms. The summed E-state index contributed by atoms with van der Waals surface area (Å²) >= 11 is 0. The highest BCUT2D eigenvalue weighted by atomic mass is 16.5. The summed E-state index contributed by atoms with van der Waals surface area (Å²) < 4.78 is 5.30. The van der Waals surface area contributed by atoms with Gasteiger partial charge in [0.15, 0.2) is 0 Å². The van der Waals surface area contributed by atoms with Crippen LogP contribution >= 0.6 is 0 Å². The Morgan fingerprint density at radius 3 is 2.06 bits per heavy atom. The third-order valence-electron chi connectivity index (χ3n) is 6.41. The Morgan fingerprint density at radius 2 is 1.58 bits per heavy atom. The van der Waals surface area contributed by atoms with E-state index in [2.05, 4.69) is 38.1 Å². The molecule has 0 atom stereocenters. The van der Waals surface area contributed by atoms with Gasteiger partial charge in [-0.25, -0.2) is 0 Å². The lowest BCUT2D eigenvalue weighted by Crippen LogP contribution is -2.47. The molecule has 0 spiro atoms. The number of carbonyl (C=O) groups excluding carboxylic acids is 2. The number of nitrogens with zero attached hydrogens (tertiary/aromatic N) is 2. The first-order valence-corrected chi connectivity index (χ1v) is 11.9. The Morgan fingerprint density at radius 1 is 1.00 bits per heavy atom. The number of benzene rings is 2. The van der Waals surface area contributed by atoms with Crippen LogP contribution in [0.4, 0.5) is 5.69 Å². The number of likely N-dealkylation sites (tertiary alicyclic amines) is 1. The largest absolute Gasteiger partial charge is 0.497 e. The fourth-order valence-electron chi connectivity index (χ4n) is 4.27. The van der Waals surface area contributed by atoms with E-state index in [9.17, 15) is 9.59 Å². The van der Waals surface area contributed by atoms with Gasteiger partial charge in [-0.1, -0.05) is 58.9 Å². The minimum atomic E-state index is -0.395. The molecule has 5 nitrogen and oxygen atoms in total. The van der Waals surface area contributed by atoms with Gasteiger partial charge in [-0.15, -0.1) is 0 Å². The van der Waals surface area contributed by atoms with Crippen molar-refractivity contribution in [2.24, 2.45) is 11.3 Å². The first-order valence-electron chi connectivity index (χ1n) is 11.9. The van der Waals surface area contributed by atoms with E-state index in [0.29, 0.717) is 38.4 Å². The second-order valence-electron chi connectivity index (χ2n) is 10.3. The molecule has 1 aliphatic heterocycles. The molecule has 0 radical (unpaired) electrons. The van der Waals surface area contributed by atoms with Crippen LogP contribution in [0.25, 0.3) is 0 Å². The van der Waals surface area contributed by atoms with Gasteiger partial charge in [0.1, 0.15) is 5.75 Å². The van der Waals surface area contributed by atoms with Crippen LogP contribution in [0.3, 0.4) is 0 Å². The van der Waals surface area contributed by atoms with Crippen molar-refractivity contribution in [3.05, 3.63) is 59.7 Å². The van der Waals surface area contributed by atoms with Gasteiger partial charge in [-0.05, 0) is 54.2 Å². The smallest absolute Gasteiger partial charge is 0.230 e. The molecule has 2 aromatic rings. The maximum atomic E-state index is 13.7. The number of ether oxygens (including phenoxy) is 1. The van der Waals surface area contributed by atoms with Crippen LogP contribution in [0.5, 0.6) is 5.75 Å². The van der Waals surface area contributed by atoms with E-state index in [0.717, 1.165) is 17.0 Å². The van der Waals surface area contributed by atoms with Crippen LogP contribution < -0.4 is 9.64 Å². The van der Waals surface area contributed by atoms with Crippen molar-refractivity contribution < 1.29 is 14.3 Å². The van der Waals surface area contributed by atoms with Crippen LogP contribution in [0.1, 0.15) is 64.5 Å². The highest BCUT2D eigenvalue weighted by molar-refractivity contribution is 5.95. The van der Waals surface area contributed by atoms with Crippen LogP contribution in [0.2, 0.25) is 0 Å². The minimum Gasteiger partial charge on any atom is -0.497 e. The summed E-state index contributed by atoms with van der Waals surface area (Å²) in [5.74, 6) is 1.42. The topological polar surface area (TPSA) is 49.9 Å². The molecule has 0 N–H and O–H groups in total. The van der Waals surface area contributed by atoms with Crippen molar-refractivity contribution in [1.82, 2.24) is 4.90 Å². The molecule has 1 heterocycles. The number of hydrogen-bond donors (Lipinski definition) is 0. The van der Waals surface area contributed by atoms with Gasteiger partial charge < -0.3 is 14.5 Å². The van der Waals surface area contributed by atoms with Crippen molar-refractivity contribution in [1.29, 1.82) is 0 Å². The number of anilines is 1. The van der Waals surface area contributed by atoms with Crippen molar-refractivity contribution in [2.75, 3.05) is 25.1 Å². The highest BCUT2D eigenvalue weighted by Gasteiger charge is 2.34. The summed E-state index contributed by atoms with van der Waals surface area (Å²) in [6.07, 6.45) is 1.39. The lowest BCUT2D eigenvalue weighted by atomic mass is 9.90. The Balaban J connectivity index is 1.78. The highest BCUT2D eigenvalue weighted by Crippen LogP contribution is 2.29. The molecule has 1 aliphatic rings. The first kappa shape index (κ1) is 24.8. The second-order valence-corrected chi connectivity index (χ2v) is 10.3. The van der Waals surface area contributed by atoms with E-state index in [1.54, 1.807) is 7.11 Å². The number of rotatable bonds is 6. The van der Waals surface area contributed by atoms with Crippen molar-refractivity contribution >= 4 is 17.5 Å². The predicted molar refractivity (Wildman–Crippen MR) is 133 cm³/mol. The van der Waals surface area contributed by atoms with Gasteiger partial charge in [0.25, 0.3) is 0 Å². The summed E-state index contributed by atoms with van der Waals surface area (Å²) in [7, 11) is 1.64. The van der Waals surface area contributed by atoms with E-state index in [1.807, 2.05) is 54.8 Å². The number of amides is 2. The Hall–Kier alpha value is -2.82. The standard InChI is InChI=1S/C28H38N2O3/c1-20(2)22-9-7-21(8-10-22)19-30(24-11-13-25(33-6)14-12-24)26(31)23-15-17-29(18-16-23)27(32)28(3,4)5/h7-14,20,23H,15-19H2,1-6H3. The number of methoxy groups -OCH3 is 1. The molecule has 178 valence electrons. The Bertz CT molecular complexity index is 935. The summed E-state index contributed by atoms with van der Waals surface area (Å²) in [5, 5.41) is 0. The molecular formula is C28H38N2O3. The molecule has 0 bridgehead atoms. The van der Waals surface area contributed by atoms with Gasteiger partial charge in [-0.3, -0.25) is 9.59 Å². The minimum absolute atomic E-state index is 0.0916. The zero-order chi connectivity index (χ0) is 24.2. The van der Waals surface area contributed by atoms with Gasteiger partial charge in [-0.2, -0.15) is 0 Å². The quantitative estimate of drug-likeness (QED) is 0.572. The summed E-state index contributed by atoms with van der Waals surface area (Å²) in [5.41, 5.74) is 2.86. The fraction of sp³-hybridized carbons (Fsp3) is 0.500. The van der Waals surface area contributed by atoms with Gasteiger partial charge >= 0.3 is 0 Å². The lowest BCUT2D eigenvalue weighted by molar-refractivity contribution is -0.142. The average molecular weight is 451 g/mol. The van der Waals surface area contributed by atoms with E-state index in [-0.39, 0.29) is 17.7 Å². The predicted octanol–water partition coefficient (Wildman–Crippen LogP) is 5.64. The summed E-state index contributed by atoms with van der Waals surface area (Å²) in [6, 6.07) is 16.2. The maximum Gasteiger partial charge on any atom is 0.230 e. The van der Waals surface area contributed by atoms with Crippen molar-refractivity contribution in [3.63, 3.8) is 0 Å². The molecular weight excluding hydrogens is 412 g/mol. The van der Waals surface area contributed by atoms with Crippen molar-refractivity contribution in [3.8, 4) is 5.75 Å². The third-order valence-corrected chi connectivity index (χ3v) is 6.41. The van der Waals surface area contributed by atoms with Crippen LogP contribution in [0, 0.1) is 11.3 Å². The molecule has 1 fully saturated rings. The second kappa shape index (κ2) is 10.4. The molecule has 3 rings (SSSR count). The van der Waals surface area contributed by atoms with E-state index in [1.165, 1.54) is 5.56 Å². The molecule has 2 aromatic carbocycles. The van der Waals surface area contributed by atoms with Gasteiger partial charge in [0.05, 0.1) is 13.7 Å². The Kier molecular flexibility index (Phi) is 7.83. The van der Waals surface area contributed by atoms with Crippen LogP contribution in [-0.2, 0) is 16.1 Å². The lowest BCUT2D eigenvalue weighted by Gasteiger charge is -2.37. The summed E-state index contributed by atoms with van der Waals surface area (Å²) in [6.45, 7) is 12.0. The zero-order valence-electron chi connectivity index (χ0n) is 20.9.